The van der Waals surface area contributed by atoms with Gasteiger partial charge in [-0.1, -0.05) is 11.1 Å². The smallest absolute Gasteiger partial charge is 0.408 e. The molecule has 2 aliphatic rings. The first-order valence-electron chi connectivity index (χ1n) is 7.96. The topological polar surface area (TPSA) is 67.9 Å². The Kier molecular flexibility index (Phi) is 4.66. The standard InChI is InChI=1S/C17H27NO4/c1-11-7-6-8-12(11)9-13(14(19)17(5)10-21-17)18-15(20)22-16(2,3)4/h13H,6-10H2,1-5H3,(H,18,20)/t13-,17+/m0/s1. The third kappa shape index (κ3) is 4.32. The van der Waals surface area contributed by atoms with Crippen molar-refractivity contribution in [1.29, 1.82) is 0 Å². The number of amides is 1. The van der Waals surface area contributed by atoms with Crippen molar-refractivity contribution in [2.75, 3.05) is 6.61 Å². The summed E-state index contributed by atoms with van der Waals surface area (Å²) in [7, 11) is 0. The van der Waals surface area contributed by atoms with Gasteiger partial charge in [0.05, 0.1) is 12.6 Å². The number of rotatable bonds is 5. The average molecular weight is 309 g/mol. The molecule has 22 heavy (non-hydrogen) atoms. The third-order valence-electron chi connectivity index (χ3n) is 4.19. The highest BCUT2D eigenvalue weighted by Gasteiger charge is 2.50. The van der Waals surface area contributed by atoms with Crippen LogP contribution in [-0.4, -0.2) is 35.7 Å². The lowest BCUT2D eigenvalue weighted by atomic mass is 9.93. The van der Waals surface area contributed by atoms with Gasteiger partial charge in [-0.05, 0) is 60.3 Å². The zero-order valence-corrected chi connectivity index (χ0v) is 14.2. The third-order valence-corrected chi connectivity index (χ3v) is 4.19. The minimum absolute atomic E-state index is 0.0643. The second-order valence-corrected chi connectivity index (χ2v) is 7.52. The number of epoxide rings is 1. The summed E-state index contributed by atoms with van der Waals surface area (Å²) in [5.41, 5.74) is 1.29. The molecule has 1 saturated heterocycles. The van der Waals surface area contributed by atoms with Crippen molar-refractivity contribution in [3.8, 4) is 0 Å². The van der Waals surface area contributed by atoms with Crippen molar-refractivity contribution in [3.05, 3.63) is 11.1 Å². The predicted molar refractivity (Wildman–Crippen MR) is 83.7 cm³/mol. The predicted octanol–water partition coefficient (Wildman–Crippen LogP) is 3.13. The molecule has 124 valence electrons. The molecule has 0 aromatic carbocycles. The van der Waals surface area contributed by atoms with Gasteiger partial charge >= 0.3 is 6.09 Å². The Bertz CT molecular complexity index is 497. The van der Waals surface area contributed by atoms with Gasteiger partial charge in [0, 0.05) is 0 Å². The van der Waals surface area contributed by atoms with Gasteiger partial charge in [0.15, 0.2) is 5.78 Å². The number of carbonyl (C=O) groups is 2. The van der Waals surface area contributed by atoms with Crippen molar-refractivity contribution in [2.45, 2.75) is 77.5 Å². The first kappa shape index (κ1) is 17.0. The van der Waals surface area contributed by atoms with Crippen LogP contribution < -0.4 is 5.32 Å². The normalized spacial score (nSPS) is 25.9. The zero-order valence-electron chi connectivity index (χ0n) is 14.2. The van der Waals surface area contributed by atoms with E-state index in [0.29, 0.717) is 13.0 Å². The number of hydrogen-bond acceptors (Lipinski definition) is 4. The van der Waals surface area contributed by atoms with Crippen molar-refractivity contribution >= 4 is 11.9 Å². The van der Waals surface area contributed by atoms with Crippen LogP contribution in [0.5, 0.6) is 0 Å². The maximum absolute atomic E-state index is 12.6. The zero-order chi connectivity index (χ0) is 16.5. The molecule has 1 heterocycles. The molecule has 0 spiro atoms. The Morgan fingerprint density at radius 3 is 2.45 bits per heavy atom. The van der Waals surface area contributed by atoms with E-state index in [-0.39, 0.29) is 5.78 Å². The first-order chi connectivity index (χ1) is 10.1. The van der Waals surface area contributed by atoms with Crippen LogP contribution in [0.3, 0.4) is 0 Å². The summed E-state index contributed by atoms with van der Waals surface area (Å²) < 4.78 is 10.5. The van der Waals surface area contributed by atoms with Gasteiger partial charge in [-0.15, -0.1) is 0 Å². The fraction of sp³-hybridized carbons (Fsp3) is 0.765. The summed E-state index contributed by atoms with van der Waals surface area (Å²) in [6.07, 6.45) is 3.22. The molecule has 0 saturated carbocycles. The number of allylic oxidation sites excluding steroid dienone is 1. The SMILES string of the molecule is CC1=C(C[C@H](NC(=O)OC(C)(C)C)C(=O)[C@@]2(C)CO2)CCC1. The lowest BCUT2D eigenvalue weighted by Crippen LogP contribution is -2.47. The van der Waals surface area contributed by atoms with Crippen molar-refractivity contribution < 1.29 is 19.1 Å². The van der Waals surface area contributed by atoms with Gasteiger partial charge in [-0.2, -0.15) is 0 Å². The largest absolute Gasteiger partial charge is 0.444 e. The van der Waals surface area contributed by atoms with E-state index in [1.54, 1.807) is 27.7 Å². The van der Waals surface area contributed by atoms with E-state index in [0.717, 1.165) is 19.3 Å². The molecule has 5 nitrogen and oxygen atoms in total. The van der Waals surface area contributed by atoms with Crippen LogP contribution in [0.2, 0.25) is 0 Å². The highest BCUT2D eigenvalue weighted by molar-refractivity contribution is 5.96. The molecule has 5 heteroatoms. The highest BCUT2D eigenvalue weighted by Crippen LogP contribution is 2.33. The molecule has 1 fully saturated rings. The van der Waals surface area contributed by atoms with E-state index in [1.165, 1.54) is 11.1 Å². The second-order valence-electron chi connectivity index (χ2n) is 7.52. The molecule has 1 aliphatic heterocycles. The van der Waals surface area contributed by atoms with Gasteiger partial charge in [0.25, 0.3) is 0 Å². The second kappa shape index (κ2) is 6.03. The van der Waals surface area contributed by atoms with Crippen LogP contribution in [0.25, 0.3) is 0 Å². The summed E-state index contributed by atoms with van der Waals surface area (Å²) in [6, 6.07) is -0.578. The highest BCUT2D eigenvalue weighted by atomic mass is 16.6. The molecule has 0 bridgehead atoms. The number of ketones is 1. The quantitative estimate of drug-likeness (QED) is 0.626. The van der Waals surface area contributed by atoms with E-state index in [9.17, 15) is 9.59 Å². The van der Waals surface area contributed by atoms with Crippen LogP contribution in [0, 0.1) is 0 Å². The molecule has 1 amide bonds. The minimum Gasteiger partial charge on any atom is -0.444 e. The molecule has 0 aromatic rings. The van der Waals surface area contributed by atoms with Gasteiger partial charge in [-0.25, -0.2) is 4.79 Å². The van der Waals surface area contributed by atoms with Crippen molar-refractivity contribution in [3.63, 3.8) is 0 Å². The van der Waals surface area contributed by atoms with Crippen LogP contribution in [0.1, 0.15) is 60.3 Å². The minimum atomic E-state index is -0.743. The number of nitrogens with one attached hydrogen (secondary N) is 1. The molecule has 1 aliphatic carbocycles. The van der Waals surface area contributed by atoms with E-state index < -0.39 is 23.3 Å². The van der Waals surface area contributed by atoms with Crippen LogP contribution >= 0.6 is 0 Å². The summed E-state index contributed by atoms with van der Waals surface area (Å²) in [5, 5.41) is 2.74. The first-order valence-corrected chi connectivity index (χ1v) is 7.96. The molecule has 2 rings (SSSR count). The van der Waals surface area contributed by atoms with E-state index >= 15 is 0 Å². The van der Waals surface area contributed by atoms with E-state index in [2.05, 4.69) is 12.2 Å². The monoisotopic (exact) mass is 309 g/mol. The summed E-state index contributed by atoms with van der Waals surface area (Å²) in [6.45, 7) is 9.72. The van der Waals surface area contributed by atoms with Crippen LogP contribution in [0.4, 0.5) is 4.79 Å². The number of ether oxygens (including phenoxy) is 2. The summed E-state index contributed by atoms with van der Waals surface area (Å²) in [5.74, 6) is -0.0643. The fourth-order valence-corrected chi connectivity index (χ4v) is 2.76. The van der Waals surface area contributed by atoms with Gasteiger partial charge in [-0.3, -0.25) is 4.79 Å². The number of Topliss-reactive ketones (excluding diaryl/α,β-unsaturated/α-hetero) is 1. The Morgan fingerprint density at radius 2 is 2.00 bits per heavy atom. The molecule has 1 N–H and O–H groups in total. The number of hydrogen-bond donors (Lipinski definition) is 1. The molecular formula is C17H27NO4. The van der Waals surface area contributed by atoms with Crippen molar-refractivity contribution in [1.82, 2.24) is 5.32 Å². The van der Waals surface area contributed by atoms with Gasteiger partial charge in [0.2, 0.25) is 0 Å². The lowest BCUT2D eigenvalue weighted by Gasteiger charge is -2.24. The van der Waals surface area contributed by atoms with Crippen molar-refractivity contribution in [2.24, 2.45) is 0 Å². The fourth-order valence-electron chi connectivity index (χ4n) is 2.76. The molecule has 0 aromatic heterocycles. The molecule has 0 unspecified atom stereocenters. The lowest BCUT2D eigenvalue weighted by molar-refractivity contribution is -0.125. The number of carbonyl (C=O) groups excluding carboxylic acids is 2. The van der Waals surface area contributed by atoms with Gasteiger partial charge in [0.1, 0.15) is 11.2 Å². The van der Waals surface area contributed by atoms with Gasteiger partial charge < -0.3 is 14.8 Å². The Balaban J connectivity index is 2.06. The van der Waals surface area contributed by atoms with Crippen LogP contribution in [0.15, 0.2) is 11.1 Å². The number of alkyl carbamates (subject to hydrolysis) is 1. The maximum Gasteiger partial charge on any atom is 0.408 e. The van der Waals surface area contributed by atoms with E-state index in [1.807, 2.05) is 0 Å². The Labute approximate surface area is 132 Å². The summed E-state index contributed by atoms with van der Waals surface area (Å²) >= 11 is 0. The molecular weight excluding hydrogens is 282 g/mol. The Hall–Kier alpha value is -1.36. The van der Waals surface area contributed by atoms with Crippen LogP contribution in [-0.2, 0) is 14.3 Å². The average Bonchev–Trinajstić information content (AvgIpc) is 3.00. The molecule has 2 atom stereocenters. The summed E-state index contributed by atoms with van der Waals surface area (Å²) in [4.78, 5) is 24.6. The van der Waals surface area contributed by atoms with E-state index in [4.69, 9.17) is 9.47 Å². The molecule has 0 radical (unpaired) electrons. The maximum atomic E-state index is 12.6. The Morgan fingerprint density at radius 1 is 1.36 bits per heavy atom.